The molecule has 2 aliphatic rings. The molecule has 0 saturated carbocycles. The lowest BCUT2D eigenvalue weighted by molar-refractivity contribution is 0.0919. The minimum atomic E-state index is -0.248. The molecule has 0 bridgehead atoms. The van der Waals surface area contributed by atoms with Crippen molar-refractivity contribution in [2.45, 2.75) is 44.7 Å². The van der Waals surface area contributed by atoms with Crippen molar-refractivity contribution in [1.82, 2.24) is 5.32 Å². The zero-order valence-electron chi connectivity index (χ0n) is 17.8. The van der Waals surface area contributed by atoms with Gasteiger partial charge < -0.3 is 10.6 Å². The molecule has 5 rings (SSSR count). The van der Waals surface area contributed by atoms with E-state index in [1.54, 1.807) is 0 Å². The highest BCUT2D eigenvalue weighted by Crippen LogP contribution is 2.50. The summed E-state index contributed by atoms with van der Waals surface area (Å²) in [6, 6.07) is 21.7. The van der Waals surface area contributed by atoms with Crippen LogP contribution in [0, 0.1) is 5.92 Å². The van der Waals surface area contributed by atoms with Crippen molar-refractivity contribution in [3.63, 3.8) is 0 Å². The van der Waals surface area contributed by atoms with Crippen LogP contribution in [0.3, 0.4) is 0 Å². The van der Waals surface area contributed by atoms with E-state index in [9.17, 15) is 4.79 Å². The molecule has 1 amide bonds. The van der Waals surface area contributed by atoms with Gasteiger partial charge in [0.05, 0.1) is 6.04 Å². The number of allylic oxidation sites excluding steroid dienone is 2. The number of fused-ring (bicyclic) bond motifs is 4. The lowest BCUT2D eigenvalue weighted by Gasteiger charge is -2.38. The summed E-state index contributed by atoms with van der Waals surface area (Å²) in [6.07, 6.45) is 5.67. The van der Waals surface area contributed by atoms with E-state index in [2.05, 4.69) is 77.4 Å². The Morgan fingerprint density at radius 3 is 2.60 bits per heavy atom. The van der Waals surface area contributed by atoms with E-state index in [0.29, 0.717) is 11.8 Å². The molecule has 3 heteroatoms. The Balaban J connectivity index is 1.50. The zero-order chi connectivity index (χ0) is 20.9. The van der Waals surface area contributed by atoms with Crippen molar-refractivity contribution < 1.29 is 4.79 Å². The molecule has 0 saturated heterocycles. The van der Waals surface area contributed by atoms with Gasteiger partial charge in [-0.2, -0.15) is 0 Å². The number of amides is 1. The predicted octanol–water partition coefficient (Wildman–Crippen LogP) is 6.19. The first-order chi connectivity index (χ1) is 14.4. The van der Waals surface area contributed by atoms with Gasteiger partial charge in [-0.05, 0) is 79.3 Å². The molecule has 152 valence electrons. The van der Waals surface area contributed by atoms with Gasteiger partial charge in [-0.3, -0.25) is 4.79 Å². The second kappa shape index (κ2) is 7.02. The quantitative estimate of drug-likeness (QED) is 0.507. The molecule has 0 fully saturated rings. The van der Waals surface area contributed by atoms with Crippen molar-refractivity contribution in [3.05, 3.63) is 89.5 Å². The highest BCUT2D eigenvalue weighted by molar-refractivity contribution is 5.95. The maximum atomic E-state index is 12.7. The van der Waals surface area contributed by atoms with Crippen LogP contribution in [0.25, 0.3) is 10.8 Å². The number of hydrogen-bond donors (Lipinski definition) is 2. The molecule has 3 aromatic carbocycles. The van der Waals surface area contributed by atoms with Crippen LogP contribution in [0.1, 0.15) is 60.6 Å². The fraction of sp³-hybridized carbons (Fsp3) is 0.296. The molecule has 0 radical (unpaired) electrons. The van der Waals surface area contributed by atoms with E-state index in [4.69, 9.17) is 0 Å². The van der Waals surface area contributed by atoms with Gasteiger partial charge in [0.1, 0.15) is 0 Å². The van der Waals surface area contributed by atoms with Crippen molar-refractivity contribution in [2.75, 3.05) is 5.32 Å². The van der Waals surface area contributed by atoms with Crippen LogP contribution in [-0.4, -0.2) is 11.4 Å². The Morgan fingerprint density at radius 1 is 1.00 bits per heavy atom. The Morgan fingerprint density at radius 2 is 1.80 bits per heavy atom. The van der Waals surface area contributed by atoms with Crippen molar-refractivity contribution in [2.24, 2.45) is 5.92 Å². The first-order valence-corrected chi connectivity index (χ1v) is 10.8. The largest absolute Gasteiger partial charge is 0.378 e. The van der Waals surface area contributed by atoms with Gasteiger partial charge in [0, 0.05) is 22.7 Å². The SMILES string of the molecule is CC(C)(C)NC(=O)c1ccc2c(c1)C1C=CCC1C(c1ccc3ccccc3c1)N2. The molecule has 3 nitrogen and oxygen atoms in total. The van der Waals surface area contributed by atoms with E-state index >= 15 is 0 Å². The van der Waals surface area contributed by atoms with Gasteiger partial charge in [0.2, 0.25) is 0 Å². The molecule has 1 aliphatic heterocycles. The van der Waals surface area contributed by atoms with Crippen LogP contribution in [0.2, 0.25) is 0 Å². The second-order valence-electron chi connectivity index (χ2n) is 9.59. The molecule has 3 unspecified atom stereocenters. The fourth-order valence-corrected chi connectivity index (χ4v) is 4.88. The summed E-state index contributed by atoms with van der Waals surface area (Å²) in [5, 5.41) is 9.42. The number of carbonyl (C=O) groups excluding carboxylic acids is 1. The van der Waals surface area contributed by atoms with E-state index < -0.39 is 0 Å². The lowest BCUT2D eigenvalue weighted by atomic mass is 9.76. The highest BCUT2D eigenvalue weighted by Gasteiger charge is 2.38. The van der Waals surface area contributed by atoms with Gasteiger partial charge in [0.15, 0.2) is 0 Å². The predicted molar refractivity (Wildman–Crippen MR) is 124 cm³/mol. The van der Waals surface area contributed by atoms with Gasteiger partial charge in [0.25, 0.3) is 5.91 Å². The summed E-state index contributed by atoms with van der Waals surface area (Å²) in [5.74, 6) is 0.778. The number of nitrogens with one attached hydrogen (secondary N) is 2. The Labute approximate surface area is 178 Å². The van der Waals surface area contributed by atoms with Crippen LogP contribution in [-0.2, 0) is 0 Å². The number of carbonyl (C=O) groups is 1. The molecule has 1 aliphatic carbocycles. The summed E-state index contributed by atoms with van der Waals surface area (Å²) in [7, 11) is 0. The van der Waals surface area contributed by atoms with E-state index in [1.165, 1.54) is 21.9 Å². The summed E-state index contributed by atoms with van der Waals surface area (Å²) < 4.78 is 0. The van der Waals surface area contributed by atoms with Crippen molar-refractivity contribution in [3.8, 4) is 0 Å². The minimum Gasteiger partial charge on any atom is -0.378 e. The molecule has 3 atom stereocenters. The molecule has 30 heavy (non-hydrogen) atoms. The minimum absolute atomic E-state index is 0.0134. The lowest BCUT2D eigenvalue weighted by Crippen LogP contribution is -2.40. The fourth-order valence-electron chi connectivity index (χ4n) is 4.88. The van der Waals surface area contributed by atoms with Gasteiger partial charge >= 0.3 is 0 Å². The topological polar surface area (TPSA) is 41.1 Å². The number of benzene rings is 3. The summed E-state index contributed by atoms with van der Waals surface area (Å²) in [4.78, 5) is 12.7. The Bertz CT molecular complexity index is 1150. The molecule has 0 aromatic heterocycles. The van der Waals surface area contributed by atoms with Crippen LogP contribution in [0.4, 0.5) is 5.69 Å². The standard InChI is InChI=1S/C27H28N2O/c1-27(2,3)29-26(30)20-13-14-24-23(16-20)21-9-6-10-22(21)25(28-24)19-12-11-17-7-4-5-8-18(17)15-19/h4-9,11-16,21-22,25,28H,10H2,1-3H3,(H,29,30). The molecular formula is C27H28N2O. The summed E-state index contributed by atoms with van der Waals surface area (Å²) in [6.45, 7) is 6.03. The first kappa shape index (κ1) is 18.9. The van der Waals surface area contributed by atoms with Gasteiger partial charge in [-0.25, -0.2) is 0 Å². The van der Waals surface area contributed by atoms with E-state index in [-0.39, 0.29) is 17.5 Å². The van der Waals surface area contributed by atoms with Crippen molar-refractivity contribution >= 4 is 22.4 Å². The zero-order valence-corrected chi connectivity index (χ0v) is 17.8. The highest BCUT2D eigenvalue weighted by atomic mass is 16.1. The van der Waals surface area contributed by atoms with E-state index in [0.717, 1.165) is 17.7 Å². The third-order valence-corrected chi connectivity index (χ3v) is 6.25. The average molecular weight is 397 g/mol. The number of rotatable bonds is 2. The van der Waals surface area contributed by atoms with Gasteiger partial charge in [-0.1, -0.05) is 48.6 Å². The maximum absolute atomic E-state index is 12.7. The third-order valence-electron chi connectivity index (χ3n) is 6.25. The second-order valence-corrected chi connectivity index (χ2v) is 9.59. The van der Waals surface area contributed by atoms with Gasteiger partial charge in [-0.15, -0.1) is 0 Å². The molecule has 1 heterocycles. The molecular weight excluding hydrogens is 368 g/mol. The van der Waals surface area contributed by atoms with Crippen LogP contribution >= 0.6 is 0 Å². The molecule has 2 N–H and O–H groups in total. The van der Waals surface area contributed by atoms with E-state index in [1.807, 2.05) is 26.8 Å². The normalized spacial score (nSPS) is 22.3. The smallest absolute Gasteiger partial charge is 0.251 e. The first-order valence-electron chi connectivity index (χ1n) is 10.8. The monoisotopic (exact) mass is 396 g/mol. The maximum Gasteiger partial charge on any atom is 0.251 e. The van der Waals surface area contributed by atoms with Crippen LogP contribution in [0.15, 0.2) is 72.8 Å². The third kappa shape index (κ3) is 3.39. The summed E-state index contributed by atoms with van der Waals surface area (Å²) >= 11 is 0. The Kier molecular flexibility index (Phi) is 4.43. The number of anilines is 1. The molecule has 0 spiro atoms. The van der Waals surface area contributed by atoms with Crippen LogP contribution in [0.5, 0.6) is 0 Å². The van der Waals surface area contributed by atoms with Crippen molar-refractivity contribution in [1.29, 1.82) is 0 Å². The average Bonchev–Trinajstić information content (AvgIpc) is 3.21. The summed E-state index contributed by atoms with van der Waals surface area (Å²) in [5.41, 5.74) is 4.17. The Hall–Kier alpha value is -3.07. The molecule has 3 aromatic rings. The number of hydrogen-bond acceptors (Lipinski definition) is 2. The van der Waals surface area contributed by atoms with Crippen LogP contribution < -0.4 is 10.6 Å².